The highest BCUT2D eigenvalue weighted by atomic mass is 16.2. The molecule has 0 spiro atoms. The lowest BCUT2D eigenvalue weighted by Crippen LogP contribution is -2.25. The molecule has 3 heterocycles. The molecule has 0 bridgehead atoms. The van der Waals surface area contributed by atoms with Gasteiger partial charge in [0.05, 0.1) is 17.8 Å². The van der Waals surface area contributed by atoms with Crippen LogP contribution in [0.5, 0.6) is 0 Å². The second kappa shape index (κ2) is 7.37. The first-order valence-electron chi connectivity index (χ1n) is 10.8. The summed E-state index contributed by atoms with van der Waals surface area (Å²) in [5.41, 5.74) is 5.73. The van der Waals surface area contributed by atoms with Crippen molar-refractivity contribution >= 4 is 28.8 Å². The zero-order chi connectivity index (χ0) is 21.7. The first-order valence-corrected chi connectivity index (χ1v) is 10.8. The first-order chi connectivity index (χ1) is 15.0. The molecule has 1 aliphatic carbocycles. The zero-order valence-electron chi connectivity index (χ0n) is 18.0. The largest absolute Gasteiger partial charge is 0.349 e. The highest BCUT2D eigenvalue weighted by Gasteiger charge is 2.34. The summed E-state index contributed by atoms with van der Waals surface area (Å²) in [6.07, 6.45) is 4.52. The number of rotatable bonds is 6. The fourth-order valence-electron chi connectivity index (χ4n) is 4.24. The van der Waals surface area contributed by atoms with Crippen molar-refractivity contribution in [3.8, 4) is 0 Å². The van der Waals surface area contributed by atoms with Gasteiger partial charge in [-0.3, -0.25) is 9.59 Å². The number of benzene rings is 1. The average molecular weight is 419 g/mol. The summed E-state index contributed by atoms with van der Waals surface area (Å²) in [6, 6.07) is 5.93. The molecule has 2 aliphatic rings. The van der Waals surface area contributed by atoms with Gasteiger partial charge >= 0.3 is 0 Å². The number of nitrogens with one attached hydrogen (secondary N) is 2. The zero-order valence-corrected chi connectivity index (χ0v) is 18.0. The van der Waals surface area contributed by atoms with E-state index in [0.29, 0.717) is 24.0 Å². The molecule has 2 N–H and O–H groups in total. The van der Waals surface area contributed by atoms with E-state index in [1.54, 1.807) is 0 Å². The van der Waals surface area contributed by atoms with E-state index in [1.807, 2.05) is 41.5 Å². The standard InChI is InChI=1S/C23H26N6O2/c1-4-9-28-11-18-19(23(28)31)14(3)20-21(24-12-25-29(18)20)27-17-10-15(6-5-13(17)2)22(30)26-16-7-8-16/h5-6,10,12,16H,4,7-9,11H2,1-3H3,(H,26,30)(H,24,25,27). The van der Waals surface area contributed by atoms with Gasteiger partial charge in [0.1, 0.15) is 11.8 Å². The Kier molecular flexibility index (Phi) is 4.64. The van der Waals surface area contributed by atoms with Gasteiger partial charge in [-0.15, -0.1) is 0 Å². The molecule has 8 nitrogen and oxygen atoms in total. The Hall–Kier alpha value is -3.42. The number of nitrogens with zero attached hydrogens (tertiary/aromatic N) is 4. The van der Waals surface area contributed by atoms with Crippen LogP contribution in [0.1, 0.15) is 63.7 Å². The van der Waals surface area contributed by atoms with E-state index in [0.717, 1.165) is 59.4 Å². The predicted octanol–water partition coefficient (Wildman–Crippen LogP) is 3.35. The van der Waals surface area contributed by atoms with Crippen molar-refractivity contribution in [2.24, 2.45) is 0 Å². The highest BCUT2D eigenvalue weighted by molar-refractivity contribution is 6.03. The van der Waals surface area contributed by atoms with Crippen molar-refractivity contribution in [2.45, 2.75) is 52.6 Å². The summed E-state index contributed by atoms with van der Waals surface area (Å²) in [7, 11) is 0. The monoisotopic (exact) mass is 418 g/mol. The minimum atomic E-state index is -0.0576. The molecule has 0 saturated heterocycles. The maximum absolute atomic E-state index is 12.9. The normalized spacial score (nSPS) is 15.5. The van der Waals surface area contributed by atoms with Crippen LogP contribution in [0.2, 0.25) is 0 Å². The lowest BCUT2D eigenvalue weighted by molar-refractivity contribution is 0.0776. The Morgan fingerprint density at radius 1 is 1.26 bits per heavy atom. The lowest BCUT2D eigenvalue weighted by Gasteiger charge is -2.16. The predicted molar refractivity (Wildman–Crippen MR) is 118 cm³/mol. The van der Waals surface area contributed by atoms with Crippen LogP contribution >= 0.6 is 0 Å². The summed E-state index contributed by atoms with van der Waals surface area (Å²) < 4.78 is 1.83. The third kappa shape index (κ3) is 3.32. The number of anilines is 2. The molecule has 1 aromatic carbocycles. The van der Waals surface area contributed by atoms with Gasteiger partial charge in [0.25, 0.3) is 11.8 Å². The van der Waals surface area contributed by atoms with Gasteiger partial charge in [0.15, 0.2) is 5.82 Å². The van der Waals surface area contributed by atoms with Crippen LogP contribution in [-0.2, 0) is 6.54 Å². The smallest absolute Gasteiger partial charge is 0.256 e. The molecule has 0 atom stereocenters. The highest BCUT2D eigenvalue weighted by Crippen LogP contribution is 2.34. The molecule has 5 rings (SSSR count). The van der Waals surface area contributed by atoms with E-state index >= 15 is 0 Å². The van der Waals surface area contributed by atoms with Gasteiger partial charge in [-0.2, -0.15) is 5.10 Å². The van der Waals surface area contributed by atoms with E-state index < -0.39 is 0 Å². The SMILES string of the molecule is CCCN1Cc2c(c(C)c3c(Nc4cc(C(=O)NC5CC5)ccc4C)ncnn23)C1=O. The van der Waals surface area contributed by atoms with Crippen molar-refractivity contribution < 1.29 is 9.59 Å². The van der Waals surface area contributed by atoms with E-state index in [4.69, 9.17) is 0 Å². The average Bonchev–Trinajstić information content (AvgIpc) is 3.45. The minimum Gasteiger partial charge on any atom is -0.349 e. The molecular weight excluding hydrogens is 392 g/mol. The Balaban J connectivity index is 1.51. The van der Waals surface area contributed by atoms with Crippen molar-refractivity contribution in [2.75, 3.05) is 11.9 Å². The number of amides is 2. The van der Waals surface area contributed by atoms with Crippen molar-refractivity contribution in [1.29, 1.82) is 0 Å². The molecule has 2 aromatic heterocycles. The van der Waals surface area contributed by atoms with Crippen molar-refractivity contribution in [3.63, 3.8) is 0 Å². The molecule has 0 radical (unpaired) electrons. The molecular formula is C23H26N6O2. The number of fused-ring (bicyclic) bond motifs is 3. The number of hydrogen-bond donors (Lipinski definition) is 2. The van der Waals surface area contributed by atoms with Gasteiger partial charge in [0.2, 0.25) is 0 Å². The van der Waals surface area contributed by atoms with E-state index in [2.05, 4.69) is 27.6 Å². The summed E-state index contributed by atoms with van der Waals surface area (Å²) in [6.45, 7) is 7.30. The molecule has 1 aliphatic heterocycles. The fourth-order valence-corrected chi connectivity index (χ4v) is 4.24. The molecule has 8 heteroatoms. The van der Waals surface area contributed by atoms with Crippen LogP contribution < -0.4 is 10.6 Å². The summed E-state index contributed by atoms with van der Waals surface area (Å²) in [5.74, 6) is 0.623. The summed E-state index contributed by atoms with van der Waals surface area (Å²) >= 11 is 0. The molecule has 2 amide bonds. The fraction of sp³-hybridized carbons (Fsp3) is 0.391. The van der Waals surface area contributed by atoms with E-state index in [-0.39, 0.29) is 11.8 Å². The van der Waals surface area contributed by atoms with Gasteiger partial charge in [-0.1, -0.05) is 13.0 Å². The molecule has 160 valence electrons. The van der Waals surface area contributed by atoms with Crippen LogP contribution in [0.25, 0.3) is 5.52 Å². The molecule has 31 heavy (non-hydrogen) atoms. The number of hydrogen-bond acceptors (Lipinski definition) is 5. The summed E-state index contributed by atoms with van der Waals surface area (Å²) in [5, 5.41) is 10.8. The third-order valence-electron chi connectivity index (χ3n) is 6.07. The van der Waals surface area contributed by atoms with Gasteiger partial charge in [-0.05, 0) is 56.4 Å². The van der Waals surface area contributed by atoms with Crippen LogP contribution in [0.15, 0.2) is 24.5 Å². The van der Waals surface area contributed by atoms with Crippen LogP contribution in [0.3, 0.4) is 0 Å². The number of carbonyl (C=O) groups excluding carboxylic acids is 2. The number of aryl methyl sites for hydroxylation is 2. The topological polar surface area (TPSA) is 91.6 Å². The lowest BCUT2D eigenvalue weighted by atomic mass is 10.1. The summed E-state index contributed by atoms with van der Waals surface area (Å²) in [4.78, 5) is 31.7. The van der Waals surface area contributed by atoms with Gasteiger partial charge in [0, 0.05) is 23.8 Å². The van der Waals surface area contributed by atoms with Crippen molar-refractivity contribution in [3.05, 3.63) is 52.5 Å². The van der Waals surface area contributed by atoms with Gasteiger partial charge < -0.3 is 15.5 Å². The van der Waals surface area contributed by atoms with Crippen molar-refractivity contribution in [1.82, 2.24) is 24.8 Å². The van der Waals surface area contributed by atoms with E-state index in [1.165, 1.54) is 6.33 Å². The second-order valence-corrected chi connectivity index (χ2v) is 8.44. The first kappa shape index (κ1) is 19.5. The molecule has 0 unspecified atom stereocenters. The maximum atomic E-state index is 12.9. The Labute approximate surface area is 180 Å². The quantitative estimate of drug-likeness (QED) is 0.641. The van der Waals surface area contributed by atoms with Crippen LogP contribution in [0.4, 0.5) is 11.5 Å². The maximum Gasteiger partial charge on any atom is 0.256 e. The number of carbonyl (C=O) groups is 2. The molecule has 1 saturated carbocycles. The van der Waals surface area contributed by atoms with Crippen LogP contribution in [0, 0.1) is 13.8 Å². The Bertz CT molecular complexity index is 1210. The second-order valence-electron chi connectivity index (χ2n) is 8.44. The third-order valence-corrected chi connectivity index (χ3v) is 6.07. The molecule has 3 aromatic rings. The van der Waals surface area contributed by atoms with Gasteiger partial charge in [-0.25, -0.2) is 9.50 Å². The molecule has 1 fully saturated rings. The number of aromatic nitrogens is 3. The Morgan fingerprint density at radius 2 is 2.06 bits per heavy atom. The Morgan fingerprint density at radius 3 is 2.81 bits per heavy atom. The van der Waals surface area contributed by atoms with E-state index in [9.17, 15) is 9.59 Å². The minimum absolute atomic E-state index is 0.0562. The van der Waals surface area contributed by atoms with Crippen LogP contribution in [-0.4, -0.2) is 43.9 Å².